The molecular weight excluding hydrogens is 320 g/mol. The van der Waals surface area contributed by atoms with Crippen LogP contribution in [0.25, 0.3) is 0 Å². The van der Waals surface area contributed by atoms with E-state index in [0.717, 1.165) is 12.8 Å². The van der Waals surface area contributed by atoms with E-state index in [2.05, 4.69) is 19.1 Å². The number of unbranched alkanes of at least 4 members (excludes halogenated alkanes) is 11. The van der Waals surface area contributed by atoms with E-state index in [4.69, 9.17) is 4.74 Å². The molecule has 0 N–H and O–H groups in total. The van der Waals surface area contributed by atoms with Crippen LogP contribution in [0.2, 0.25) is 0 Å². The molecule has 1 aromatic carbocycles. The molecule has 0 aliphatic rings. The van der Waals surface area contributed by atoms with Crippen LogP contribution in [0, 0.1) is 0 Å². The van der Waals surface area contributed by atoms with Gasteiger partial charge in [0.2, 0.25) is 0 Å². The van der Waals surface area contributed by atoms with Gasteiger partial charge in [-0.15, -0.1) is 0 Å². The number of esters is 1. The Balaban J connectivity index is 1.78. The molecular formula is C24H38O2. The molecule has 146 valence electrons. The highest BCUT2D eigenvalue weighted by molar-refractivity contribution is 5.89. The monoisotopic (exact) mass is 358 g/mol. The summed E-state index contributed by atoms with van der Waals surface area (Å²) in [5.41, 5.74) is 0.643. The molecule has 1 rings (SSSR count). The smallest absolute Gasteiger partial charge is 0.338 e. The maximum Gasteiger partial charge on any atom is 0.338 e. The second-order valence-electron chi connectivity index (χ2n) is 7.06. The lowest BCUT2D eigenvalue weighted by atomic mass is 10.1. The number of benzene rings is 1. The fourth-order valence-corrected chi connectivity index (χ4v) is 3.06. The highest BCUT2D eigenvalue weighted by atomic mass is 16.5. The van der Waals surface area contributed by atoms with Crippen molar-refractivity contribution in [1.82, 2.24) is 0 Å². The van der Waals surface area contributed by atoms with E-state index in [9.17, 15) is 4.79 Å². The lowest BCUT2D eigenvalue weighted by Gasteiger charge is -2.05. The summed E-state index contributed by atoms with van der Waals surface area (Å²) in [5.74, 6) is -0.202. The first kappa shape index (κ1) is 22.5. The molecule has 1 aromatic rings. The minimum Gasteiger partial charge on any atom is -0.462 e. The summed E-state index contributed by atoms with van der Waals surface area (Å²) >= 11 is 0. The average molecular weight is 359 g/mol. The lowest BCUT2D eigenvalue weighted by Crippen LogP contribution is -2.06. The topological polar surface area (TPSA) is 26.3 Å². The Morgan fingerprint density at radius 3 is 1.88 bits per heavy atom. The first-order chi connectivity index (χ1) is 12.8. The van der Waals surface area contributed by atoms with Crippen LogP contribution >= 0.6 is 0 Å². The van der Waals surface area contributed by atoms with Gasteiger partial charge in [0, 0.05) is 0 Å². The molecule has 26 heavy (non-hydrogen) atoms. The van der Waals surface area contributed by atoms with Crippen LogP contribution in [-0.2, 0) is 4.74 Å². The Morgan fingerprint density at radius 2 is 1.31 bits per heavy atom. The summed E-state index contributed by atoms with van der Waals surface area (Å²) in [6.07, 6.45) is 21.4. The van der Waals surface area contributed by atoms with Crippen LogP contribution in [0.1, 0.15) is 101 Å². The zero-order chi connectivity index (χ0) is 18.7. The number of carbonyl (C=O) groups is 1. The van der Waals surface area contributed by atoms with Gasteiger partial charge in [0.25, 0.3) is 0 Å². The molecule has 0 spiro atoms. The molecule has 0 unspecified atom stereocenters. The molecule has 0 aromatic heterocycles. The Kier molecular flexibility index (Phi) is 14.6. The van der Waals surface area contributed by atoms with Crippen LogP contribution in [0.4, 0.5) is 0 Å². The number of allylic oxidation sites excluding steroid dienone is 2. The first-order valence-corrected chi connectivity index (χ1v) is 10.7. The van der Waals surface area contributed by atoms with E-state index in [0.29, 0.717) is 12.2 Å². The number of hydrogen-bond donors (Lipinski definition) is 0. The SMILES string of the molecule is CC/C=C\CCCCCCCCCCCCCOC(=O)c1ccccc1. The molecule has 0 saturated carbocycles. The van der Waals surface area contributed by atoms with E-state index in [1.807, 2.05) is 18.2 Å². The van der Waals surface area contributed by atoms with Crippen LogP contribution < -0.4 is 0 Å². The third-order valence-corrected chi connectivity index (χ3v) is 4.66. The minimum absolute atomic E-state index is 0.202. The number of rotatable bonds is 16. The van der Waals surface area contributed by atoms with Gasteiger partial charge in [-0.3, -0.25) is 0 Å². The zero-order valence-electron chi connectivity index (χ0n) is 16.8. The zero-order valence-corrected chi connectivity index (χ0v) is 16.8. The molecule has 0 aliphatic carbocycles. The minimum atomic E-state index is -0.202. The van der Waals surface area contributed by atoms with Gasteiger partial charge in [-0.25, -0.2) is 4.79 Å². The van der Waals surface area contributed by atoms with Crippen molar-refractivity contribution in [2.24, 2.45) is 0 Å². The molecule has 2 heteroatoms. The Bertz CT molecular complexity index is 464. The van der Waals surface area contributed by atoms with Gasteiger partial charge in [0.15, 0.2) is 0 Å². The summed E-state index contributed by atoms with van der Waals surface area (Å²) < 4.78 is 5.30. The number of hydrogen-bond acceptors (Lipinski definition) is 2. The molecule has 0 bridgehead atoms. The summed E-state index contributed by atoms with van der Waals surface area (Å²) in [4.78, 5) is 11.8. The summed E-state index contributed by atoms with van der Waals surface area (Å²) in [7, 11) is 0. The average Bonchev–Trinajstić information content (AvgIpc) is 2.68. The molecule has 0 atom stereocenters. The maximum absolute atomic E-state index is 11.8. The van der Waals surface area contributed by atoms with Crippen molar-refractivity contribution in [3.63, 3.8) is 0 Å². The second-order valence-corrected chi connectivity index (χ2v) is 7.06. The fourth-order valence-electron chi connectivity index (χ4n) is 3.06. The van der Waals surface area contributed by atoms with E-state index in [-0.39, 0.29) is 5.97 Å². The molecule has 0 fully saturated rings. The van der Waals surface area contributed by atoms with E-state index in [1.165, 1.54) is 70.6 Å². The molecule has 2 nitrogen and oxygen atoms in total. The van der Waals surface area contributed by atoms with Crippen molar-refractivity contribution in [2.75, 3.05) is 6.61 Å². The lowest BCUT2D eigenvalue weighted by molar-refractivity contribution is 0.0497. The van der Waals surface area contributed by atoms with Crippen molar-refractivity contribution in [1.29, 1.82) is 0 Å². The summed E-state index contributed by atoms with van der Waals surface area (Å²) in [5, 5.41) is 0. The van der Waals surface area contributed by atoms with Crippen molar-refractivity contribution in [3.05, 3.63) is 48.0 Å². The molecule has 0 aliphatic heterocycles. The predicted molar refractivity (Wildman–Crippen MR) is 112 cm³/mol. The summed E-state index contributed by atoms with van der Waals surface area (Å²) in [6.45, 7) is 2.73. The molecule has 0 amide bonds. The van der Waals surface area contributed by atoms with Crippen molar-refractivity contribution < 1.29 is 9.53 Å². The van der Waals surface area contributed by atoms with Crippen molar-refractivity contribution in [2.45, 2.75) is 90.4 Å². The van der Waals surface area contributed by atoms with Crippen LogP contribution in [0.15, 0.2) is 42.5 Å². The molecule has 0 radical (unpaired) electrons. The normalized spacial score (nSPS) is 11.1. The van der Waals surface area contributed by atoms with E-state index < -0.39 is 0 Å². The molecule has 0 heterocycles. The van der Waals surface area contributed by atoms with Crippen LogP contribution in [0.3, 0.4) is 0 Å². The maximum atomic E-state index is 11.8. The van der Waals surface area contributed by atoms with Crippen LogP contribution in [-0.4, -0.2) is 12.6 Å². The molecule has 0 saturated heterocycles. The Morgan fingerprint density at radius 1 is 0.769 bits per heavy atom. The third kappa shape index (κ3) is 12.7. The van der Waals surface area contributed by atoms with E-state index in [1.54, 1.807) is 12.1 Å². The number of ether oxygens (including phenoxy) is 1. The van der Waals surface area contributed by atoms with Gasteiger partial charge in [0.05, 0.1) is 12.2 Å². The van der Waals surface area contributed by atoms with Gasteiger partial charge < -0.3 is 4.74 Å². The number of carbonyl (C=O) groups excluding carboxylic acids is 1. The van der Waals surface area contributed by atoms with Gasteiger partial charge >= 0.3 is 5.97 Å². The first-order valence-electron chi connectivity index (χ1n) is 10.7. The van der Waals surface area contributed by atoms with Crippen LogP contribution in [0.5, 0.6) is 0 Å². The Labute approximate surface area is 161 Å². The predicted octanol–water partition coefficient (Wildman–Crippen LogP) is 7.49. The van der Waals surface area contributed by atoms with Crippen molar-refractivity contribution in [3.8, 4) is 0 Å². The summed E-state index contributed by atoms with van der Waals surface area (Å²) in [6, 6.07) is 9.23. The van der Waals surface area contributed by atoms with Gasteiger partial charge in [-0.2, -0.15) is 0 Å². The standard InChI is InChI=1S/C24H38O2/c1-2-3-4-5-6-7-8-9-10-11-12-13-14-15-19-22-26-24(25)23-20-17-16-18-21-23/h3-4,16-18,20-21H,2,5-15,19,22H2,1H3/b4-3-. The largest absolute Gasteiger partial charge is 0.462 e. The van der Waals surface area contributed by atoms with Gasteiger partial charge in [0.1, 0.15) is 0 Å². The second kappa shape index (κ2) is 16.9. The van der Waals surface area contributed by atoms with E-state index >= 15 is 0 Å². The third-order valence-electron chi connectivity index (χ3n) is 4.66. The van der Waals surface area contributed by atoms with Crippen molar-refractivity contribution >= 4 is 5.97 Å². The highest BCUT2D eigenvalue weighted by Crippen LogP contribution is 2.12. The highest BCUT2D eigenvalue weighted by Gasteiger charge is 2.04. The van der Waals surface area contributed by atoms with Gasteiger partial charge in [-0.05, 0) is 37.8 Å². The fraction of sp³-hybridized carbons (Fsp3) is 0.625. The Hall–Kier alpha value is -1.57. The quantitative estimate of drug-likeness (QED) is 0.174. The van der Waals surface area contributed by atoms with Gasteiger partial charge in [-0.1, -0.05) is 95.1 Å².